The van der Waals surface area contributed by atoms with E-state index in [1.54, 1.807) is 30.3 Å². The molecule has 0 saturated carbocycles. The zero-order valence-electron chi connectivity index (χ0n) is 17.2. The molecule has 0 unspecified atom stereocenters. The first kappa shape index (κ1) is 23.8. The van der Waals surface area contributed by atoms with Crippen LogP contribution in [-0.4, -0.2) is 17.8 Å². The molecule has 0 atom stereocenters. The van der Waals surface area contributed by atoms with Gasteiger partial charge in [-0.3, -0.25) is 14.9 Å². The molecule has 0 bridgehead atoms. The largest absolute Gasteiger partial charge is 0.486 e. The van der Waals surface area contributed by atoms with Gasteiger partial charge in [-0.2, -0.15) is 0 Å². The molecule has 1 aliphatic rings. The number of barbiturate groups is 1. The lowest BCUT2D eigenvalue weighted by Crippen LogP contribution is -2.54. The third-order valence-electron chi connectivity index (χ3n) is 4.85. The molecule has 1 N–H and O–H groups in total. The van der Waals surface area contributed by atoms with Crippen LogP contribution in [-0.2, 0) is 16.2 Å². The molecule has 3 aromatic carbocycles. The Morgan fingerprint density at radius 3 is 2.24 bits per heavy atom. The van der Waals surface area contributed by atoms with Gasteiger partial charge in [0.25, 0.3) is 11.8 Å². The number of nitrogens with one attached hydrogen (secondary N) is 1. The number of carbonyl (C=O) groups excluding carboxylic acids is 3. The van der Waals surface area contributed by atoms with E-state index in [0.29, 0.717) is 25.8 Å². The Bertz CT molecular complexity index is 1320. The van der Waals surface area contributed by atoms with Crippen LogP contribution in [0, 0.1) is 11.6 Å². The summed E-state index contributed by atoms with van der Waals surface area (Å²) in [5, 5.41) is 2.11. The van der Waals surface area contributed by atoms with Crippen molar-refractivity contribution in [1.29, 1.82) is 0 Å². The maximum absolute atomic E-state index is 13.9. The Balaban J connectivity index is 1.61. The van der Waals surface area contributed by atoms with Gasteiger partial charge < -0.3 is 4.74 Å². The Morgan fingerprint density at radius 2 is 1.59 bits per heavy atom. The Kier molecular flexibility index (Phi) is 6.90. The van der Waals surface area contributed by atoms with Crippen LogP contribution >= 0.6 is 31.9 Å². The topological polar surface area (TPSA) is 75.7 Å². The number of hydrogen-bond donors (Lipinski definition) is 1. The molecule has 34 heavy (non-hydrogen) atoms. The van der Waals surface area contributed by atoms with Gasteiger partial charge in [-0.25, -0.2) is 18.5 Å². The molecular weight excluding hydrogens is 578 g/mol. The third-order valence-corrected chi connectivity index (χ3v) is 6.03. The highest BCUT2D eigenvalue weighted by Crippen LogP contribution is 2.36. The van der Waals surface area contributed by atoms with Crippen LogP contribution in [0.25, 0.3) is 6.08 Å². The van der Waals surface area contributed by atoms with E-state index in [2.05, 4.69) is 37.2 Å². The lowest BCUT2D eigenvalue weighted by atomic mass is 10.1. The van der Waals surface area contributed by atoms with Crippen molar-refractivity contribution in [2.45, 2.75) is 6.61 Å². The van der Waals surface area contributed by atoms with Gasteiger partial charge in [0.1, 0.15) is 29.6 Å². The normalized spacial score (nSPS) is 15.0. The van der Waals surface area contributed by atoms with Gasteiger partial charge in [0, 0.05) is 5.56 Å². The van der Waals surface area contributed by atoms with Crippen molar-refractivity contribution < 1.29 is 27.9 Å². The van der Waals surface area contributed by atoms with Crippen molar-refractivity contribution in [1.82, 2.24) is 5.32 Å². The molecule has 4 rings (SSSR count). The van der Waals surface area contributed by atoms with Crippen molar-refractivity contribution in [2.24, 2.45) is 0 Å². The van der Waals surface area contributed by atoms with Crippen LogP contribution < -0.4 is 15.0 Å². The summed E-state index contributed by atoms with van der Waals surface area (Å²) in [7, 11) is 0. The lowest BCUT2D eigenvalue weighted by molar-refractivity contribution is -0.122. The molecule has 172 valence electrons. The standard InChI is InChI=1S/C24H14Br2F2N2O4/c25-18-10-13(11-19(26)21(18)34-12-14-3-1-2-4-20(14)28)9-17-22(31)29-24(33)30(23(17)32)16-7-5-15(27)6-8-16/h1-11H,12H2,(H,29,31,33)/b17-9+. The smallest absolute Gasteiger partial charge is 0.335 e. The predicted molar refractivity (Wildman–Crippen MR) is 128 cm³/mol. The highest BCUT2D eigenvalue weighted by atomic mass is 79.9. The number of ether oxygens (including phenoxy) is 1. The Hall–Kier alpha value is -3.37. The highest BCUT2D eigenvalue weighted by molar-refractivity contribution is 9.11. The molecule has 10 heteroatoms. The summed E-state index contributed by atoms with van der Waals surface area (Å²) in [6.45, 7) is -0.0139. The summed E-state index contributed by atoms with van der Waals surface area (Å²) in [5.74, 6) is -2.24. The van der Waals surface area contributed by atoms with Crippen LogP contribution in [0.15, 0.2) is 75.2 Å². The maximum Gasteiger partial charge on any atom is 0.335 e. The van der Waals surface area contributed by atoms with Gasteiger partial charge in [0.15, 0.2) is 0 Å². The molecular formula is C24H14Br2F2N2O4. The molecule has 0 aromatic heterocycles. The molecule has 0 radical (unpaired) electrons. The van der Waals surface area contributed by atoms with E-state index in [1.807, 2.05) is 0 Å². The average molecular weight is 592 g/mol. The molecule has 4 amide bonds. The van der Waals surface area contributed by atoms with E-state index in [0.717, 1.165) is 17.0 Å². The zero-order valence-corrected chi connectivity index (χ0v) is 20.3. The van der Waals surface area contributed by atoms with E-state index in [9.17, 15) is 23.2 Å². The molecule has 6 nitrogen and oxygen atoms in total. The van der Waals surface area contributed by atoms with Gasteiger partial charge in [0.2, 0.25) is 0 Å². The number of amides is 4. The number of carbonyl (C=O) groups is 3. The lowest BCUT2D eigenvalue weighted by Gasteiger charge is -2.26. The quantitative estimate of drug-likeness (QED) is 0.303. The Morgan fingerprint density at radius 1 is 0.941 bits per heavy atom. The molecule has 0 aliphatic carbocycles. The number of urea groups is 1. The summed E-state index contributed by atoms with van der Waals surface area (Å²) in [6.07, 6.45) is 1.32. The summed E-state index contributed by atoms with van der Waals surface area (Å²) in [4.78, 5) is 38.4. The van der Waals surface area contributed by atoms with E-state index < -0.39 is 29.5 Å². The van der Waals surface area contributed by atoms with Gasteiger partial charge in [-0.1, -0.05) is 18.2 Å². The van der Waals surface area contributed by atoms with E-state index >= 15 is 0 Å². The maximum atomic E-state index is 13.9. The van der Waals surface area contributed by atoms with Gasteiger partial charge >= 0.3 is 6.03 Å². The first-order valence-electron chi connectivity index (χ1n) is 9.77. The minimum Gasteiger partial charge on any atom is -0.486 e. The van der Waals surface area contributed by atoms with Gasteiger partial charge in [0.05, 0.1) is 14.6 Å². The molecule has 1 fully saturated rings. The average Bonchev–Trinajstić information content (AvgIpc) is 2.78. The van der Waals surface area contributed by atoms with E-state index in [4.69, 9.17) is 4.74 Å². The molecule has 1 aliphatic heterocycles. The molecule has 3 aromatic rings. The van der Waals surface area contributed by atoms with Crippen LogP contribution in [0.1, 0.15) is 11.1 Å². The highest BCUT2D eigenvalue weighted by Gasteiger charge is 2.36. The fourth-order valence-corrected chi connectivity index (χ4v) is 4.67. The van der Waals surface area contributed by atoms with Crippen LogP contribution in [0.5, 0.6) is 5.75 Å². The van der Waals surface area contributed by atoms with Crippen LogP contribution in [0.2, 0.25) is 0 Å². The van der Waals surface area contributed by atoms with Crippen molar-refractivity contribution in [2.75, 3.05) is 4.90 Å². The van der Waals surface area contributed by atoms with Crippen LogP contribution in [0.3, 0.4) is 0 Å². The summed E-state index contributed by atoms with van der Waals surface area (Å²) in [5.41, 5.74) is 0.649. The zero-order chi connectivity index (χ0) is 24.4. The van der Waals surface area contributed by atoms with Crippen molar-refractivity contribution in [3.63, 3.8) is 0 Å². The fourth-order valence-electron chi connectivity index (χ4n) is 3.21. The molecule has 0 spiro atoms. The number of nitrogens with zero attached hydrogens (tertiary/aromatic N) is 1. The monoisotopic (exact) mass is 590 g/mol. The van der Waals surface area contributed by atoms with Crippen molar-refractivity contribution in [3.05, 3.63) is 97.9 Å². The van der Waals surface area contributed by atoms with Crippen molar-refractivity contribution in [3.8, 4) is 5.75 Å². The molecule has 1 heterocycles. The number of anilines is 1. The van der Waals surface area contributed by atoms with Gasteiger partial charge in [-0.15, -0.1) is 0 Å². The SMILES string of the molecule is O=C1NC(=O)N(c2ccc(F)cc2)C(=O)/C1=C/c1cc(Br)c(OCc2ccccc2F)c(Br)c1. The number of halogens is 4. The second-order valence-corrected chi connectivity index (χ2v) is 8.84. The minimum atomic E-state index is -0.932. The molecule has 1 saturated heterocycles. The van der Waals surface area contributed by atoms with E-state index in [1.165, 1.54) is 24.3 Å². The van der Waals surface area contributed by atoms with E-state index in [-0.39, 0.29) is 17.9 Å². The summed E-state index contributed by atoms with van der Waals surface area (Å²) in [6, 6.07) is 13.2. The minimum absolute atomic E-state index is 0.0139. The number of rotatable bonds is 5. The first-order valence-corrected chi connectivity index (χ1v) is 11.4. The van der Waals surface area contributed by atoms with Crippen molar-refractivity contribution >= 4 is 61.5 Å². The number of hydrogen-bond acceptors (Lipinski definition) is 4. The third kappa shape index (κ3) is 4.92. The second-order valence-electron chi connectivity index (χ2n) is 7.13. The fraction of sp³-hybridized carbons (Fsp3) is 0.0417. The Labute approximate surface area is 209 Å². The summed E-state index contributed by atoms with van der Waals surface area (Å²) >= 11 is 6.77. The first-order chi connectivity index (χ1) is 16.2. The number of benzene rings is 3. The number of imide groups is 2. The predicted octanol–water partition coefficient (Wildman–Crippen LogP) is 5.74. The second kappa shape index (κ2) is 9.86. The van der Waals surface area contributed by atoms with Gasteiger partial charge in [-0.05, 0) is 86.0 Å². The van der Waals surface area contributed by atoms with Crippen LogP contribution in [0.4, 0.5) is 19.3 Å². The summed E-state index contributed by atoms with van der Waals surface area (Å²) < 4.78 is 33.8.